The van der Waals surface area contributed by atoms with Gasteiger partial charge in [-0.05, 0) is 29.8 Å². The Bertz CT molecular complexity index is 660. The van der Waals surface area contributed by atoms with Gasteiger partial charge in [-0.2, -0.15) is 0 Å². The van der Waals surface area contributed by atoms with Crippen LogP contribution in [0.25, 0.3) is 0 Å². The van der Waals surface area contributed by atoms with Crippen LogP contribution in [-0.2, 0) is 11.3 Å². The fourth-order valence-electron chi connectivity index (χ4n) is 2.25. The number of nitrogens with one attached hydrogen (secondary N) is 1. The number of halogens is 1. The molecule has 0 aliphatic carbocycles. The fraction of sp³-hybridized carbons (Fsp3) is 0.188. The van der Waals surface area contributed by atoms with E-state index >= 15 is 0 Å². The Morgan fingerprint density at radius 3 is 2.81 bits per heavy atom. The molecule has 1 aliphatic heterocycles. The van der Waals surface area contributed by atoms with Crippen molar-refractivity contribution < 1.29 is 9.53 Å². The maximum atomic E-state index is 11.6. The summed E-state index contributed by atoms with van der Waals surface area (Å²) >= 11 is 3.54. The predicted octanol–water partition coefficient (Wildman–Crippen LogP) is 4.02. The molecular weight excluding hydrogens is 332 g/mol. The molecule has 0 atom stereocenters. The average molecular weight is 347 g/mol. The largest absolute Gasteiger partial charge is 0.447 e. The summed E-state index contributed by atoms with van der Waals surface area (Å²) in [6.45, 7) is 1.77. The van der Waals surface area contributed by atoms with Gasteiger partial charge < -0.3 is 10.1 Å². The quantitative estimate of drug-likeness (QED) is 0.908. The average Bonchev–Trinajstić information content (AvgIpc) is 2.93. The molecule has 2 aromatic rings. The lowest BCUT2D eigenvalue weighted by Crippen LogP contribution is -2.23. The first-order valence-corrected chi connectivity index (χ1v) is 7.55. The van der Waals surface area contributed by atoms with Gasteiger partial charge in [-0.25, -0.2) is 4.79 Å². The zero-order valence-electron chi connectivity index (χ0n) is 11.4. The molecule has 3 rings (SSSR count). The number of ether oxygens (including phenoxy) is 1. The Morgan fingerprint density at radius 1 is 1.19 bits per heavy atom. The van der Waals surface area contributed by atoms with E-state index in [9.17, 15) is 4.79 Å². The van der Waals surface area contributed by atoms with Gasteiger partial charge in [0.1, 0.15) is 6.61 Å². The molecule has 0 spiro atoms. The second-order valence-electron chi connectivity index (χ2n) is 4.76. The molecule has 2 aromatic carbocycles. The molecule has 5 heteroatoms. The highest BCUT2D eigenvalue weighted by molar-refractivity contribution is 9.10. The minimum absolute atomic E-state index is 0.280. The van der Waals surface area contributed by atoms with E-state index in [0.717, 1.165) is 22.4 Å². The highest BCUT2D eigenvalue weighted by atomic mass is 79.9. The first-order chi connectivity index (χ1) is 10.2. The number of rotatable bonds is 4. The number of anilines is 2. The number of hydrogen-bond acceptors (Lipinski definition) is 3. The van der Waals surface area contributed by atoms with Crippen molar-refractivity contribution in [3.05, 3.63) is 58.6 Å². The van der Waals surface area contributed by atoms with E-state index in [1.807, 2.05) is 42.5 Å². The smallest absolute Gasteiger partial charge is 0.414 e. The van der Waals surface area contributed by atoms with Gasteiger partial charge in [-0.3, -0.25) is 4.90 Å². The van der Waals surface area contributed by atoms with E-state index in [1.165, 1.54) is 5.56 Å². The van der Waals surface area contributed by atoms with Crippen molar-refractivity contribution in [2.24, 2.45) is 0 Å². The fourth-order valence-corrected chi connectivity index (χ4v) is 2.68. The molecule has 1 heterocycles. The minimum atomic E-state index is -0.280. The lowest BCUT2D eigenvalue weighted by molar-refractivity contribution is 0.181. The number of cyclic esters (lactones) is 1. The molecule has 1 aliphatic rings. The summed E-state index contributed by atoms with van der Waals surface area (Å²) in [6.07, 6.45) is -0.280. The van der Waals surface area contributed by atoms with E-state index in [1.54, 1.807) is 4.90 Å². The minimum Gasteiger partial charge on any atom is -0.447 e. The summed E-state index contributed by atoms with van der Waals surface area (Å²) in [5.41, 5.74) is 3.01. The van der Waals surface area contributed by atoms with Crippen LogP contribution in [0.2, 0.25) is 0 Å². The molecule has 0 unspecified atom stereocenters. The van der Waals surface area contributed by atoms with Crippen molar-refractivity contribution in [3.63, 3.8) is 0 Å². The molecular formula is C16H15BrN2O2. The third kappa shape index (κ3) is 3.19. The van der Waals surface area contributed by atoms with E-state index in [-0.39, 0.29) is 6.09 Å². The second kappa shape index (κ2) is 6.18. The summed E-state index contributed by atoms with van der Waals surface area (Å²) in [4.78, 5) is 13.2. The van der Waals surface area contributed by atoms with Crippen LogP contribution in [0.4, 0.5) is 16.2 Å². The molecule has 0 saturated carbocycles. The Morgan fingerprint density at radius 2 is 2.05 bits per heavy atom. The number of amides is 1. The van der Waals surface area contributed by atoms with Crippen molar-refractivity contribution in [2.75, 3.05) is 23.4 Å². The van der Waals surface area contributed by atoms with Crippen molar-refractivity contribution in [3.8, 4) is 0 Å². The van der Waals surface area contributed by atoms with Crippen molar-refractivity contribution in [2.45, 2.75) is 6.54 Å². The predicted molar refractivity (Wildman–Crippen MR) is 86.6 cm³/mol. The van der Waals surface area contributed by atoms with Gasteiger partial charge in [0, 0.05) is 22.4 Å². The van der Waals surface area contributed by atoms with Crippen LogP contribution in [0, 0.1) is 0 Å². The molecule has 1 saturated heterocycles. The summed E-state index contributed by atoms with van der Waals surface area (Å²) in [5.74, 6) is 0. The highest BCUT2D eigenvalue weighted by Crippen LogP contribution is 2.23. The van der Waals surface area contributed by atoms with Gasteiger partial charge in [0.25, 0.3) is 0 Å². The molecule has 1 amide bonds. The van der Waals surface area contributed by atoms with Crippen LogP contribution in [-0.4, -0.2) is 19.2 Å². The standard InChI is InChI=1S/C16H15BrN2O2/c17-15-7-2-1-4-12(15)11-18-13-5-3-6-14(10-13)19-8-9-21-16(19)20/h1-7,10,18H,8-9,11H2. The number of hydrogen-bond donors (Lipinski definition) is 1. The molecule has 0 aromatic heterocycles. The number of carbonyl (C=O) groups is 1. The van der Waals surface area contributed by atoms with E-state index in [4.69, 9.17) is 4.74 Å². The Labute approximate surface area is 131 Å². The maximum Gasteiger partial charge on any atom is 0.414 e. The van der Waals surface area contributed by atoms with Crippen LogP contribution in [0.3, 0.4) is 0 Å². The van der Waals surface area contributed by atoms with Crippen LogP contribution >= 0.6 is 15.9 Å². The third-order valence-corrected chi connectivity index (χ3v) is 4.13. The molecule has 1 N–H and O–H groups in total. The van der Waals surface area contributed by atoms with Gasteiger partial charge in [0.05, 0.1) is 6.54 Å². The monoisotopic (exact) mass is 346 g/mol. The summed E-state index contributed by atoms with van der Waals surface area (Å²) in [5, 5.41) is 3.37. The van der Waals surface area contributed by atoms with Crippen LogP contribution in [0.5, 0.6) is 0 Å². The van der Waals surface area contributed by atoms with Crippen molar-refractivity contribution in [1.82, 2.24) is 0 Å². The van der Waals surface area contributed by atoms with Crippen LogP contribution in [0.15, 0.2) is 53.0 Å². The van der Waals surface area contributed by atoms with E-state index < -0.39 is 0 Å². The first kappa shape index (κ1) is 13.9. The Hall–Kier alpha value is -2.01. The summed E-state index contributed by atoms with van der Waals surface area (Å²) < 4.78 is 6.05. The van der Waals surface area contributed by atoms with Gasteiger partial charge >= 0.3 is 6.09 Å². The normalized spacial score (nSPS) is 14.1. The SMILES string of the molecule is O=C1OCCN1c1cccc(NCc2ccccc2Br)c1. The molecule has 4 nitrogen and oxygen atoms in total. The van der Waals surface area contributed by atoms with Gasteiger partial charge in [0.2, 0.25) is 0 Å². The molecule has 21 heavy (non-hydrogen) atoms. The maximum absolute atomic E-state index is 11.6. The second-order valence-corrected chi connectivity index (χ2v) is 5.62. The van der Waals surface area contributed by atoms with Crippen molar-refractivity contribution in [1.29, 1.82) is 0 Å². The number of nitrogens with zero attached hydrogens (tertiary/aromatic N) is 1. The topological polar surface area (TPSA) is 41.6 Å². The summed E-state index contributed by atoms with van der Waals surface area (Å²) in [7, 11) is 0. The third-order valence-electron chi connectivity index (χ3n) is 3.36. The van der Waals surface area contributed by atoms with Crippen molar-refractivity contribution >= 4 is 33.4 Å². The summed E-state index contributed by atoms with van der Waals surface area (Å²) in [6, 6.07) is 15.9. The first-order valence-electron chi connectivity index (χ1n) is 6.76. The van der Waals surface area contributed by atoms with Crippen LogP contribution in [0.1, 0.15) is 5.56 Å². The van der Waals surface area contributed by atoms with Crippen LogP contribution < -0.4 is 10.2 Å². The Kier molecular flexibility index (Phi) is 4.10. The van der Waals surface area contributed by atoms with E-state index in [0.29, 0.717) is 13.2 Å². The van der Waals surface area contributed by atoms with E-state index in [2.05, 4.69) is 27.3 Å². The molecule has 108 valence electrons. The highest BCUT2D eigenvalue weighted by Gasteiger charge is 2.23. The lowest BCUT2D eigenvalue weighted by atomic mass is 10.2. The van der Waals surface area contributed by atoms with Gasteiger partial charge in [0.15, 0.2) is 0 Å². The zero-order chi connectivity index (χ0) is 14.7. The lowest BCUT2D eigenvalue weighted by Gasteiger charge is -2.15. The molecule has 0 radical (unpaired) electrons. The number of benzene rings is 2. The van der Waals surface area contributed by atoms with Gasteiger partial charge in [-0.1, -0.05) is 40.2 Å². The molecule has 1 fully saturated rings. The van der Waals surface area contributed by atoms with Gasteiger partial charge in [-0.15, -0.1) is 0 Å². The molecule has 0 bridgehead atoms. The number of carbonyl (C=O) groups excluding carboxylic acids is 1. The zero-order valence-corrected chi connectivity index (χ0v) is 13.0. The Balaban J connectivity index is 1.72.